The van der Waals surface area contributed by atoms with Crippen LogP contribution in [0.2, 0.25) is 5.02 Å². The number of aromatic nitrogens is 1. The summed E-state index contributed by atoms with van der Waals surface area (Å²) in [6, 6.07) is 11.5. The zero-order valence-electron chi connectivity index (χ0n) is 10.9. The Morgan fingerprint density at radius 3 is 2.95 bits per heavy atom. The van der Waals surface area contributed by atoms with Crippen LogP contribution in [0.1, 0.15) is 12.1 Å². The van der Waals surface area contributed by atoms with E-state index < -0.39 is 0 Å². The molecule has 0 saturated heterocycles. The van der Waals surface area contributed by atoms with Crippen molar-refractivity contribution in [1.29, 1.82) is 0 Å². The van der Waals surface area contributed by atoms with E-state index in [1.165, 1.54) is 0 Å². The molecule has 1 N–H and O–H groups in total. The molecule has 0 radical (unpaired) electrons. The third kappa shape index (κ3) is 2.44. The molecule has 2 heterocycles. The molecule has 5 heteroatoms. The lowest BCUT2D eigenvalue weighted by Crippen LogP contribution is -2.19. The number of halogens is 1. The fraction of sp³-hybridized carbons (Fsp3) is 0.267. The van der Waals surface area contributed by atoms with Gasteiger partial charge < -0.3 is 14.7 Å². The van der Waals surface area contributed by atoms with E-state index in [-0.39, 0.29) is 6.61 Å². The molecule has 0 saturated carbocycles. The molecule has 3 rings (SSSR count). The molecule has 104 valence electrons. The SMILES string of the molecule is OCc1nc(N2CCCOc3ccccc32)ccc1Cl. The fourth-order valence-corrected chi connectivity index (χ4v) is 2.46. The number of fused-ring (bicyclic) bond motifs is 1. The van der Waals surface area contributed by atoms with Crippen molar-refractivity contribution in [2.45, 2.75) is 13.0 Å². The molecule has 1 aromatic carbocycles. The second-order valence-electron chi connectivity index (χ2n) is 4.58. The number of aliphatic hydroxyl groups excluding tert-OH is 1. The van der Waals surface area contributed by atoms with Crippen molar-refractivity contribution in [3.63, 3.8) is 0 Å². The maximum absolute atomic E-state index is 9.30. The lowest BCUT2D eigenvalue weighted by atomic mass is 10.2. The molecule has 0 aliphatic carbocycles. The maximum Gasteiger partial charge on any atom is 0.142 e. The number of nitrogens with zero attached hydrogens (tertiary/aromatic N) is 2. The van der Waals surface area contributed by atoms with E-state index in [0.717, 1.165) is 30.2 Å². The lowest BCUT2D eigenvalue weighted by Gasteiger charge is -2.23. The highest BCUT2D eigenvalue weighted by atomic mass is 35.5. The van der Waals surface area contributed by atoms with Crippen LogP contribution in [-0.4, -0.2) is 23.2 Å². The normalized spacial score (nSPS) is 14.4. The quantitative estimate of drug-likeness (QED) is 0.923. The van der Waals surface area contributed by atoms with E-state index in [4.69, 9.17) is 16.3 Å². The summed E-state index contributed by atoms with van der Waals surface area (Å²) in [5, 5.41) is 9.78. The fourth-order valence-electron chi connectivity index (χ4n) is 2.30. The number of ether oxygens (including phenoxy) is 1. The summed E-state index contributed by atoms with van der Waals surface area (Å²) in [5.41, 5.74) is 1.48. The van der Waals surface area contributed by atoms with Gasteiger partial charge in [-0.05, 0) is 30.7 Å². The number of anilines is 2. The average molecular weight is 291 g/mol. The molecule has 0 amide bonds. The Morgan fingerprint density at radius 1 is 1.25 bits per heavy atom. The Hall–Kier alpha value is -1.78. The van der Waals surface area contributed by atoms with Crippen molar-refractivity contribution in [2.75, 3.05) is 18.1 Å². The minimum atomic E-state index is -0.168. The average Bonchev–Trinajstić information content (AvgIpc) is 2.70. The monoisotopic (exact) mass is 290 g/mol. The predicted octanol–water partition coefficient (Wildman–Crippen LogP) is 3.15. The molecule has 1 aliphatic heterocycles. The summed E-state index contributed by atoms with van der Waals surface area (Å²) >= 11 is 6.00. The van der Waals surface area contributed by atoms with Gasteiger partial charge in [0.25, 0.3) is 0 Å². The van der Waals surface area contributed by atoms with Gasteiger partial charge in [0.15, 0.2) is 0 Å². The van der Waals surface area contributed by atoms with Gasteiger partial charge in [-0.3, -0.25) is 0 Å². The van der Waals surface area contributed by atoms with E-state index in [9.17, 15) is 5.11 Å². The van der Waals surface area contributed by atoms with Crippen molar-refractivity contribution >= 4 is 23.1 Å². The number of aliphatic hydroxyl groups is 1. The van der Waals surface area contributed by atoms with Gasteiger partial charge in [-0.15, -0.1) is 0 Å². The summed E-state index contributed by atoms with van der Waals surface area (Å²) in [4.78, 5) is 6.54. The van der Waals surface area contributed by atoms with Gasteiger partial charge in [0.05, 0.1) is 29.6 Å². The second kappa shape index (κ2) is 5.69. The molecular formula is C15H15ClN2O2. The third-order valence-electron chi connectivity index (χ3n) is 3.27. The molecule has 0 bridgehead atoms. The highest BCUT2D eigenvalue weighted by molar-refractivity contribution is 6.31. The molecule has 0 atom stereocenters. The van der Waals surface area contributed by atoms with Gasteiger partial charge in [-0.25, -0.2) is 4.98 Å². The summed E-state index contributed by atoms with van der Waals surface area (Å²) in [7, 11) is 0. The van der Waals surface area contributed by atoms with Gasteiger partial charge in [0, 0.05) is 6.54 Å². The first-order valence-electron chi connectivity index (χ1n) is 6.55. The molecule has 20 heavy (non-hydrogen) atoms. The van der Waals surface area contributed by atoms with E-state index in [1.54, 1.807) is 6.07 Å². The Bertz CT molecular complexity index is 619. The first kappa shape index (κ1) is 13.2. The molecular weight excluding hydrogens is 276 g/mol. The third-order valence-corrected chi connectivity index (χ3v) is 3.61. The molecule has 1 aromatic heterocycles. The van der Waals surface area contributed by atoms with Crippen LogP contribution in [-0.2, 0) is 6.61 Å². The van der Waals surface area contributed by atoms with Crippen molar-refractivity contribution in [2.24, 2.45) is 0 Å². The molecule has 0 fully saturated rings. The van der Waals surface area contributed by atoms with Crippen LogP contribution in [0.25, 0.3) is 0 Å². The van der Waals surface area contributed by atoms with Crippen molar-refractivity contribution in [3.05, 3.63) is 47.1 Å². The van der Waals surface area contributed by atoms with Crippen molar-refractivity contribution in [1.82, 2.24) is 4.98 Å². The summed E-state index contributed by atoms with van der Waals surface area (Å²) < 4.78 is 5.74. The zero-order chi connectivity index (χ0) is 13.9. The summed E-state index contributed by atoms with van der Waals surface area (Å²) in [5.74, 6) is 1.63. The van der Waals surface area contributed by atoms with E-state index in [0.29, 0.717) is 17.3 Å². The van der Waals surface area contributed by atoms with Crippen molar-refractivity contribution in [3.8, 4) is 5.75 Å². The van der Waals surface area contributed by atoms with Crippen LogP contribution >= 0.6 is 11.6 Å². The number of hydrogen-bond donors (Lipinski definition) is 1. The van der Waals surface area contributed by atoms with E-state index in [1.807, 2.05) is 30.3 Å². The smallest absolute Gasteiger partial charge is 0.142 e. The number of rotatable bonds is 2. The molecule has 0 spiro atoms. The Kier molecular flexibility index (Phi) is 3.76. The van der Waals surface area contributed by atoms with Gasteiger partial charge in [0.1, 0.15) is 11.6 Å². The van der Waals surface area contributed by atoms with Gasteiger partial charge in [-0.2, -0.15) is 0 Å². The Labute approximate surface area is 122 Å². The standard InChI is InChI=1S/C15H15ClN2O2/c16-11-6-7-15(17-12(11)10-19)18-8-3-9-20-14-5-2-1-4-13(14)18/h1-2,4-7,19H,3,8-10H2. The van der Waals surface area contributed by atoms with Crippen LogP contribution in [0, 0.1) is 0 Å². The van der Waals surface area contributed by atoms with Gasteiger partial charge >= 0.3 is 0 Å². The molecule has 1 aliphatic rings. The molecule has 4 nitrogen and oxygen atoms in total. The first-order valence-corrected chi connectivity index (χ1v) is 6.93. The largest absolute Gasteiger partial charge is 0.491 e. The van der Waals surface area contributed by atoms with Crippen LogP contribution in [0.3, 0.4) is 0 Å². The zero-order valence-corrected chi connectivity index (χ0v) is 11.7. The first-order chi connectivity index (χ1) is 9.79. The molecule has 2 aromatic rings. The Morgan fingerprint density at radius 2 is 2.10 bits per heavy atom. The van der Waals surface area contributed by atoms with E-state index >= 15 is 0 Å². The number of benzene rings is 1. The van der Waals surface area contributed by atoms with Crippen LogP contribution in [0.15, 0.2) is 36.4 Å². The minimum absolute atomic E-state index is 0.168. The summed E-state index contributed by atoms with van der Waals surface area (Å²) in [6.45, 7) is 1.34. The maximum atomic E-state index is 9.30. The number of hydrogen-bond acceptors (Lipinski definition) is 4. The van der Waals surface area contributed by atoms with E-state index in [2.05, 4.69) is 9.88 Å². The number of para-hydroxylation sites is 2. The minimum Gasteiger partial charge on any atom is -0.491 e. The van der Waals surface area contributed by atoms with Crippen LogP contribution < -0.4 is 9.64 Å². The second-order valence-corrected chi connectivity index (χ2v) is 4.98. The van der Waals surface area contributed by atoms with Crippen LogP contribution in [0.5, 0.6) is 5.75 Å². The lowest BCUT2D eigenvalue weighted by molar-refractivity contribution is 0.277. The van der Waals surface area contributed by atoms with Crippen LogP contribution in [0.4, 0.5) is 11.5 Å². The molecule has 0 unspecified atom stereocenters. The topological polar surface area (TPSA) is 45.6 Å². The summed E-state index contributed by atoms with van der Waals surface area (Å²) in [6.07, 6.45) is 0.910. The highest BCUT2D eigenvalue weighted by Gasteiger charge is 2.19. The predicted molar refractivity (Wildman–Crippen MR) is 78.7 cm³/mol. The van der Waals surface area contributed by atoms with Crippen molar-refractivity contribution < 1.29 is 9.84 Å². The van der Waals surface area contributed by atoms with Gasteiger partial charge in [-0.1, -0.05) is 23.7 Å². The number of pyridine rings is 1. The van der Waals surface area contributed by atoms with Gasteiger partial charge in [0.2, 0.25) is 0 Å². The highest BCUT2D eigenvalue weighted by Crippen LogP contribution is 2.35. The Balaban J connectivity index is 2.05.